The second kappa shape index (κ2) is 12.4. The van der Waals surface area contributed by atoms with Crippen molar-refractivity contribution in [1.82, 2.24) is 5.32 Å². The molecule has 1 heterocycles. The summed E-state index contributed by atoms with van der Waals surface area (Å²) in [4.78, 5) is 24.2. The topological polar surface area (TPSA) is 128 Å². The molecule has 0 amide bonds. The molecule has 0 aromatic rings. The van der Waals surface area contributed by atoms with Crippen LogP contribution in [0.2, 0.25) is 0 Å². The zero-order valence-corrected chi connectivity index (χ0v) is 15.7. The van der Waals surface area contributed by atoms with Crippen molar-refractivity contribution in [1.29, 1.82) is 0 Å². The van der Waals surface area contributed by atoms with Gasteiger partial charge in [-0.1, -0.05) is 13.3 Å². The van der Waals surface area contributed by atoms with Gasteiger partial charge in [0.25, 0.3) is 5.85 Å². The number of hydrogen-bond donors (Lipinski definition) is 3. The number of esters is 2. The Balaban J connectivity index is 2.58. The molecule has 0 saturated carbocycles. The molecule has 1 saturated heterocycles. The lowest BCUT2D eigenvalue weighted by Gasteiger charge is -2.13. The first kappa shape index (κ1) is 22.1. The summed E-state index contributed by atoms with van der Waals surface area (Å²) in [6, 6.07) is -0.488. The van der Waals surface area contributed by atoms with E-state index >= 15 is 0 Å². The Hall–Kier alpha value is -0.920. The highest BCUT2D eigenvalue weighted by atomic mass is 31.1. The molecule has 25 heavy (non-hydrogen) atoms. The van der Waals surface area contributed by atoms with Crippen molar-refractivity contribution in [2.24, 2.45) is 5.73 Å². The third-order valence-corrected chi connectivity index (χ3v) is 5.23. The highest BCUT2D eigenvalue weighted by Gasteiger charge is 2.38. The molecule has 1 aliphatic rings. The molecule has 0 radical (unpaired) electrons. The Kier molecular flexibility index (Phi) is 11.0. The van der Waals surface area contributed by atoms with Gasteiger partial charge in [-0.3, -0.25) is 0 Å². The molecule has 0 aliphatic carbocycles. The van der Waals surface area contributed by atoms with E-state index in [0.29, 0.717) is 45.2 Å². The molecule has 3 unspecified atom stereocenters. The van der Waals surface area contributed by atoms with E-state index in [4.69, 9.17) is 15.0 Å². The number of carbonyl (C=O) groups is 2. The van der Waals surface area contributed by atoms with Crippen LogP contribution >= 0.6 is 8.03 Å². The summed E-state index contributed by atoms with van der Waals surface area (Å²) in [5.74, 6) is -2.63. The quantitative estimate of drug-likeness (QED) is 0.202. The molecular formula is C16H30N2O6P+. The van der Waals surface area contributed by atoms with Gasteiger partial charge in [-0.05, 0) is 56.2 Å². The normalized spacial score (nSPS) is 20.1. The Labute approximate surface area is 149 Å². The zero-order chi connectivity index (χ0) is 18.7. The number of unbranched alkanes of at least 4 members (excludes halogenated alkanes) is 2. The van der Waals surface area contributed by atoms with Crippen LogP contribution in [0.15, 0.2) is 0 Å². The van der Waals surface area contributed by atoms with Crippen molar-refractivity contribution >= 4 is 20.0 Å². The third-order valence-electron chi connectivity index (χ3n) is 4.02. The Morgan fingerprint density at radius 2 is 2.08 bits per heavy atom. The lowest BCUT2D eigenvalue weighted by atomic mass is 10.1. The highest BCUT2D eigenvalue weighted by molar-refractivity contribution is 7.39. The van der Waals surface area contributed by atoms with Gasteiger partial charge < -0.3 is 20.9 Å². The molecule has 4 N–H and O–H groups in total. The first-order valence-electron chi connectivity index (χ1n) is 8.99. The molecule has 144 valence electrons. The van der Waals surface area contributed by atoms with Crippen LogP contribution < -0.4 is 11.1 Å². The summed E-state index contributed by atoms with van der Waals surface area (Å²) in [5, 5.41) is 12.8. The average molecular weight is 377 g/mol. The number of aliphatic hydroxyl groups is 1. The second-order valence-electron chi connectivity index (χ2n) is 6.18. The van der Waals surface area contributed by atoms with E-state index in [-0.39, 0.29) is 6.42 Å². The number of hydrogen-bond acceptors (Lipinski definition) is 8. The van der Waals surface area contributed by atoms with Gasteiger partial charge in [0, 0.05) is 6.42 Å². The number of nitrogens with two attached hydrogens (primary N) is 1. The Bertz CT molecular complexity index is 442. The van der Waals surface area contributed by atoms with E-state index in [1.54, 1.807) is 0 Å². The molecule has 4 atom stereocenters. The van der Waals surface area contributed by atoms with Crippen molar-refractivity contribution in [3.8, 4) is 0 Å². The van der Waals surface area contributed by atoms with Crippen molar-refractivity contribution in [2.75, 3.05) is 13.1 Å². The number of aliphatic hydroxyl groups excluding tert-OH is 1. The SMILES string of the molecule is CCCCC(O)[P+](=O)OC(CCCCN)C(=O)OC(=O)[C@@H]1CCCN1. The molecule has 0 aromatic heterocycles. The summed E-state index contributed by atoms with van der Waals surface area (Å²) in [6.45, 7) is 3.12. The summed E-state index contributed by atoms with van der Waals surface area (Å²) in [7, 11) is -2.43. The molecule has 0 aromatic carbocycles. The summed E-state index contributed by atoms with van der Waals surface area (Å²) < 4.78 is 22.2. The smallest absolute Gasteiger partial charge is 0.390 e. The molecular weight excluding hydrogens is 347 g/mol. The maximum absolute atomic E-state index is 12.2. The Morgan fingerprint density at radius 3 is 2.68 bits per heavy atom. The predicted octanol–water partition coefficient (Wildman–Crippen LogP) is 1.57. The van der Waals surface area contributed by atoms with Crippen LogP contribution in [0.4, 0.5) is 0 Å². The van der Waals surface area contributed by atoms with E-state index in [0.717, 1.165) is 12.8 Å². The molecule has 8 nitrogen and oxygen atoms in total. The van der Waals surface area contributed by atoms with E-state index in [1.807, 2.05) is 6.92 Å². The number of carbonyl (C=O) groups excluding carboxylic acids is 2. The molecule has 1 aliphatic heterocycles. The lowest BCUT2D eigenvalue weighted by Crippen LogP contribution is -2.37. The fraction of sp³-hybridized carbons (Fsp3) is 0.875. The number of ether oxygens (including phenoxy) is 1. The fourth-order valence-corrected chi connectivity index (χ4v) is 3.47. The number of rotatable bonds is 12. The van der Waals surface area contributed by atoms with Gasteiger partial charge in [0.1, 0.15) is 6.04 Å². The molecule has 1 fully saturated rings. The van der Waals surface area contributed by atoms with Crippen LogP contribution in [-0.4, -0.2) is 48.1 Å². The van der Waals surface area contributed by atoms with Crippen LogP contribution in [0.1, 0.15) is 58.3 Å². The van der Waals surface area contributed by atoms with E-state index in [9.17, 15) is 19.3 Å². The van der Waals surface area contributed by atoms with Gasteiger partial charge in [0.05, 0.1) is 0 Å². The summed E-state index contributed by atoms with van der Waals surface area (Å²) in [6.07, 6.45) is 3.70. The van der Waals surface area contributed by atoms with Gasteiger partial charge in [-0.2, -0.15) is 0 Å². The summed E-state index contributed by atoms with van der Waals surface area (Å²) >= 11 is 0. The zero-order valence-electron chi connectivity index (χ0n) is 14.8. The highest BCUT2D eigenvalue weighted by Crippen LogP contribution is 2.34. The minimum absolute atomic E-state index is 0.239. The molecule has 0 bridgehead atoms. The van der Waals surface area contributed by atoms with Crippen LogP contribution in [0.25, 0.3) is 0 Å². The standard InChI is InChI=1S/C16H30N2O6P/c1-2-3-9-14(19)25(22)24-13(8-4-5-10-17)16(21)23-15(20)12-7-6-11-18-12/h12-14,18-19H,2-11,17H2,1H3/q+1/t12-,13?,14?/m0/s1. The van der Waals surface area contributed by atoms with Crippen molar-refractivity contribution in [3.63, 3.8) is 0 Å². The first-order chi connectivity index (χ1) is 12.0. The van der Waals surface area contributed by atoms with E-state index in [1.165, 1.54) is 0 Å². The maximum atomic E-state index is 12.2. The minimum Gasteiger partial charge on any atom is -0.390 e. The van der Waals surface area contributed by atoms with Gasteiger partial charge in [-0.15, -0.1) is 4.52 Å². The van der Waals surface area contributed by atoms with Gasteiger partial charge in [0.2, 0.25) is 6.10 Å². The number of nitrogens with one attached hydrogen (secondary N) is 1. The van der Waals surface area contributed by atoms with Gasteiger partial charge in [-0.25, -0.2) is 9.59 Å². The van der Waals surface area contributed by atoms with Crippen LogP contribution in [0.3, 0.4) is 0 Å². The second-order valence-corrected chi connectivity index (χ2v) is 7.55. The largest absolute Gasteiger partial charge is 0.541 e. The van der Waals surface area contributed by atoms with Crippen LogP contribution in [0, 0.1) is 0 Å². The Morgan fingerprint density at radius 1 is 1.32 bits per heavy atom. The van der Waals surface area contributed by atoms with E-state index < -0.39 is 38.0 Å². The third kappa shape index (κ3) is 8.33. The summed E-state index contributed by atoms with van der Waals surface area (Å²) in [5.41, 5.74) is 5.44. The average Bonchev–Trinajstić information content (AvgIpc) is 3.13. The first-order valence-corrected chi connectivity index (χ1v) is 10.2. The minimum atomic E-state index is -2.43. The molecule has 1 rings (SSSR count). The maximum Gasteiger partial charge on any atom is 0.541 e. The van der Waals surface area contributed by atoms with Gasteiger partial charge in [0.15, 0.2) is 0 Å². The molecule has 9 heteroatoms. The van der Waals surface area contributed by atoms with Crippen molar-refractivity contribution in [2.45, 2.75) is 76.3 Å². The van der Waals surface area contributed by atoms with Crippen molar-refractivity contribution < 1.29 is 28.5 Å². The fourth-order valence-electron chi connectivity index (χ4n) is 2.50. The van der Waals surface area contributed by atoms with Crippen LogP contribution in [0.5, 0.6) is 0 Å². The lowest BCUT2D eigenvalue weighted by molar-refractivity contribution is -0.166. The monoisotopic (exact) mass is 377 g/mol. The van der Waals surface area contributed by atoms with E-state index in [2.05, 4.69) is 5.32 Å². The van der Waals surface area contributed by atoms with Crippen LogP contribution in [-0.2, 0) is 23.4 Å². The predicted molar refractivity (Wildman–Crippen MR) is 93.0 cm³/mol. The molecule has 0 spiro atoms. The van der Waals surface area contributed by atoms with Crippen molar-refractivity contribution in [3.05, 3.63) is 0 Å². The van der Waals surface area contributed by atoms with Gasteiger partial charge >= 0.3 is 20.0 Å².